The predicted octanol–water partition coefficient (Wildman–Crippen LogP) is 3.25. The molecule has 1 aliphatic carbocycles. The van der Waals surface area contributed by atoms with Gasteiger partial charge in [-0.2, -0.15) is 5.10 Å². The van der Waals surface area contributed by atoms with Gasteiger partial charge in [-0.15, -0.1) is 0 Å². The van der Waals surface area contributed by atoms with Crippen LogP contribution in [0.3, 0.4) is 0 Å². The molecular formula is C12H11Cl2N3. The van der Waals surface area contributed by atoms with Crippen LogP contribution in [-0.4, -0.2) is 9.78 Å². The molecule has 1 aromatic carbocycles. The number of hydrogen-bond donors (Lipinski definition) is 1. The number of nitrogens with two attached hydrogens (primary N) is 1. The summed E-state index contributed by atoms with van der Waals surface area (Å²) in [5.74, 6) is 0.682. The lowest BCUT2D eigenvalue weighted by molar-refractivity contribution is 0.808. The quantitative estimate of drug-likeness (QED) is 0.862. The highest BCUT2D eigenvalue weighted by atomic mass is 35.5. The molecule has 0 fully saturated rings. The number of nitrogens with zero attached hydrogens (tertiary/aromatic N) is 2. The van der Waals surface area contributed by atoms with Crippen LogP contribution in [0.5, 0.6) is 0 Å². The topological polar surface area (TPSA) is 43.8 Å². The molecule has 0 saturated heterocycles. The maximum atomic E-state index is 6.17. The zero-order valence-electron chi connectivity index (χ0n) is 9.08. The van der Waals surface area contributed by atoms with Crippen molar-refractivity contribution in [1.82, 2.24) is 9.78 Å². The summed E-state index contributed by atoms with van der Waals surface area (Å²) in [6, 6.07) is 5.46. The minimum absolute atomic E-state index is 0.488. The first-order valence-corrected chi connectivity index (χ1v) is 6.24. The van der Waals surface area contributed by atoms with E-state index in [0.29, 0.717) is 15.9 Å². The number of aryl methyl sites for hydroxylation is 1. The maximum absolute atomic E-state index is 6.17. The number of rotatable bonds is 1. The first-order valence-electron chi connectivity index (χ1n) is 5.49. The van der Waals surface area contributed by atoms with Gasteiger partial charge in [0.1, 0.15) is 5.82 Å². The van der Waals surface area contributed by atoms with Crippen molar-refractivity contribution in [2.45, 2.75) is 19.3 Å². The fourth-order valence-corrected chi connectivity index (χ4v) is 2.63. The van der Waals surface area contributed by atoms with Crippen LogP contribution in [-0.2, 0) is 12.8 Å². The molecule has 0 atom stereocenters. The Labute approximate surface area is 109 Å². The molecule has 88 valence electrons. The SMILES string of the molecule is Nc1c2c(nn1-c1cccc(Cl)c1Cl)CCC2. The molecule has 2 N–H and O–H groups in total. The van der Waals surface area contributed by atoms with Crippen molar-refractivity contribution in [1.29, 1.82) is 0 Å². The van der Waals surface area contributed by atoms with E-state index in [0.717, 1.165) is 36.2 Å². The van der Waals surface area contributed by atoms with Crippen molar-refractivity contribution in [3.8, 4) is 5.69 Å². The standard InChI is InChI=1S/C12H11Cl2N3/c13-8-4-2-6-10(11(8)14)17-12(15)7-3-1-5-9(7)16-17/h2,4,6H,1,3,5,15H2. The van der Waals surface area contributed by atoms with E-state index in [-0.39, 0.29) is 0 Å². The third-order valence-corrected chi connectivity index (χ3v) is 3.92. The first-order chi connectivity index (χ1) is 8.18. The molecule has 1 aliphatic rings. The molecule has 1 heterocycles. The Bertz CT molecular complexity index is 590. The van der Waals surface area contributed by atoms with Gasteiger partial charge in [0, 0.05) is 5.56 Å². The molecule has 0 radical (unpaired) electrons. The van der Waals surface area contributed by atoms with Crippen LogP contribution in [0.1, 0.15) is 17.7 Å². The molecule has 0 spiro atoms. The lowest BCUT2D eigenvalue weighted by Gasteiger charge is -2.08. The molecule has 0 saturated carbocycles. The zero-order chi connectivity index (χ0) is 12.0. The molecule has 0 aliphatic heterocycles. The molecule has 1 aromatic heterocycles. The van der Waals surface area contributed by atoms with E-state index in [1.54, 1.807) is 10.7 Å². The smallest absolute Gasteiger partial charge is 0.130 e. The Morgan fingerprint density at radius 1 is 1.24 bits per heavy atom. The summed E-state index contributed by atoms with van der Waals surface area (Å²) < 4.78 is 1.69. The highest BCUT2D eigenvalue weighted by Crippen LogP contribution is 2.33. The van der Waals surface area contributed by atoms with Crippen LogP contribution in [0.4, 0.5) is 5.82 Å². The van der Waals surface area contributed by atoms with Crippen LogP contribution in [0.2, 0.25) is 10.0 Å². The predicted molar refractivity (Wildman–Crippen MR) is 70.0 cm³/mol. The fourth-order valence-electron chi connectivity index (χ4n) is 2.26. The normalized spacial score (nSPS) is 14.0. The Morgan fingerprint density at radius 2 is 2.06 bits per heavy atom. The van der Waals surface area contributed by atoms with Gasteiger partial charge in [-0.3, -0.25) is 0 Å². The van der Waals surface area contributed by atoms with E-state index < -0.39 is 0 Å². The summed E-state index contributed by atoms with van der Waals surface area (Å²) in [5.41, 5.74) is 9.08. The van der Waals surface area contributed by atoms with E-state index in [1.165, 1.54) is 0 Å². The fraction of sp³-hybridized carbons (Fsp3) is 0.250. The van der Waals surface area contributed by atoms with Gasteiger partial charge < -0.3 is 5.73 Å². The average Bonchev–Trinajstić information content (AvgIpc) is 2.87. The minimum Gasteiger partial charge on any atom is -0.383 e. The number of nitrogen functional groups attached to an aromatic ring is 1. The summed E-state index contributed by atoms with van der Waals surface area (Å²) >= 11 is 12.2. The third kappa shape index (κ3) is 1.61. The number of aromatic nitrogens is 2. The summed E-state index contributed by atoms with van der Waals surface area (Å²) in [6.07, 6.45) is 3.12. The van der Waals surface area contributed by atoms with Crippen LogP contribution in [0.15, 0.2) is 18.2 Å². The molecule has 0 amide bonds. The summed E-state index contributed by atoms with van der Waals surface area (Å²) in [6.45, 7) is 0. The first kappa shape index (κ1) is 10.9. The highest BCUT2D eigenvalue weighted by Gasteiger charge is 2.22. The Kier molecular flexibility index (Phi) is 2.53. The molecule has 17 heavy (non-hydrogen) atoms. The van der Waals surface area contributed by atoms with Crippen LogP contribution >= 0.6 is 23.2 Å². The van der Waals surface area contributed by atoms with Crippen molar-refractivity contribution < 1.29 is 0 Å². The third-order valence-electron chi connectivity index (χ3n) is 3.11. The minimum atomic E-state index is 0.488. The van der Waals surface area contributed by atoms with E-state index in [4.69, 9.17) is 28.9 Å². The molecule has 0 bridgehead atoms. The van der Waals surface area contributed by atoms with Crippen molar-refractivity contribution >= 4 is 29.0 Å². The molecule has 3 rings (SSSR count). The van der Waals surface area contributed by atoms with Crippen molar-refractivity contribution in [2.24, 2.45) is 0 Å². The van der Waals surface area contributed by atoms with Gasteiger partial charge in [-0.1, -0.05) is 29.3 Å². The second kappa shape index (κ2) is 3.93. The van der Waals surface area contributed by atoms with E-state index >= 15 is 0 Å². The van der Waals surface area contributed by atoms with Gasteiger partial charge in [0.15, 0.2) is 0 Å². The highest BCUT2D eigenvalue weighted by molar-refractivity contribution is 6.43. The Hall–Kier alpha value is -1.19. The second-order valence-corrected chi connectivity index (χ2v) is 4.93. The summed E-state index contributed by atoms with van der Waals surface area (Å²) in [5, 5.41) is 5.51. The van der Waals surface area contributed by atoms with Crippen molar-refractivity contribution in [3.63, 3.8) is 0 Å². The lowest BCUT2D eigenvalue weighted by Crippen LogP contribution is -2.04. The van der Waals surface area contributed by atoms with Gasteiger partial charge in [0.25, 0.3) is 0 Å². The summed E-state index contributed by atoms with van der Waals surface area (Å²) in [4.78, 5) is 0. The van der Waals surface area contributed by atoms with Gasteiger partial charge >= 0.3 is 0 Å². The number of benzene rings is 1. The van der Waals surface area contributed by atoms with Gasteiger partial charge in [0.05, 0.1) is 21.4 Å². The number of anilines is 1. The average molecular weight is 268 g/mol. The molecule has 2 aromatic rings. The zero-order valence-corrected chi connectivity index (χ0v) is 10.6. The maximum Gasteiger partial charge on any atom is 0.130 e. The number of hydrogen-bond acceptors (Lipinski definition) is 2. The molecule has 3 nitrogen and oxygen atoms in total. The number of halogens is 2. The van der Waals surface area contributed by atoms with Crippen LogP contribution in [0.25, 0.3) is 5.69 Å². The second-order valence-electron chi connectivity index (χ2n) is 4.15. The van der Waals surface area contributed by atoms with E-state index in [2.05, 4.69) is 5.10 Å². The molecule has 0 unspecified atom stereocenters. The Balaban J connectivity index is 2.19. The van der Waals surface area contributed by atoms with Crippen molar-refractivity contribution in [2.75, 3.05) is 5.73 Å². The largest absolute Gasteiger partial charge is 0.383 e. The van der Waals surface area contributed by atoms with Crippen LogP contribution in [0, 0.1) is 0 Å². The van der Waals surface area contributed by atoms with E-state index in [1.807, 2.05) is 12.1 Å². The van der Waals surface area contributed by atoms with E-state index in [9.17, 15) is 0 Å². The van der Waals surface area contributed by atoms with Gasteiger partial charge in [0.2, 0.25) is 0 Å². The summed E-state index contributed by atoms with van der Waals surface area (Å²) in [7, 11) is 0. The molecular weight excluding hydrogens is 257 g/mol. The van der Waals surface area contributed by atoms with Gasteiger partial charge in [-0.25, -0.2) is 4.68 Å². The monoisotopic (exact) mass is 267 g/mol. The van der Waals surface area contributed by atoms with Crippen LogP contribution < -0.4 is 5.73 Å². The van der Waals surface area contributed by atoms with Gasteiger partial charge in [-0.05, 0) is 31.4 Å². The van der Waals surface area contributed by atoms with Crippen molar-refractivity contribution in [3.05, 3.63) is 39.5 Å². The lowest BCUT2D eigenvalue weighted by atomic mass is 10.2. The molecule has 5 heteroatoms. The Morgan fingerprint density at radius 3 is 2.82 bits per heavy atom. The number of fused-ring (bicyclic) bond motifs is 1.